The molecule has 0 spiro atoms. The molecule has 1 N–H and O–H groups in total. The Labute approximate surface area is 125 Å². The molecule has 0 aliphatic heterocycles. The summed E-state index contributed by atoms with van der Waals surface area (Å²) in [6.45, 7) is 2.80. The van der Waals surface area contributed by atoms with E-state index in [1.807, 2.05) is 24.3 Å². The molecule has 0 bridgehead atoms. The number of anilines is 2. The fraction of sp³-hybridized carbons (Fsp3) is 0.231. The fourth-order valence-electron chi connectivity index (χ4n) is 1.42. The minimum absolute atomic E-state index is 0.202. The predicted octanol–water partition coefficient (Wildman–Crippen LogP) is 4.42. The molecular weight excluding hydrogens is 330 g/mol. The molecule has 19 heavy (non-hydrogen) atoms. The number of halogens is 2. The summed E-state index contributed by atoms with van der Waals surface area (Å²) in [4.78, 5) is 7.98. The van der Waals surface area contributed by atoms with Crippen molar-refractivity contribution in [1.82, 2.24) is 9.97 Å². The van der Waals surface area contributed by atoms with Crippen molar-refractivity contribution in [2.45, 2.75) is 13.3 Å². The van der Waals surface area contributed by atoms with Crippen molar-refractivity contribution in [1.29, 1.82) is 0 Å². The maximum absolute atomic E-state index is 5.76. The Morgan fingerprint density at radius 2 is 2.05 bits per heavy atom. The summed E-state index contributed by atoms with van der Waals surface area (Å²) < 4.78 is 6.27. The molecule has 0 unspecified atom stereocenters. The first-order chi connectivity index (χ1) is 9.19. The zero-order valence-corrected chi connectivity index (χ0v) is 12.7. The van der Waals surface area contributed by atoms with Gasteiger partial charge in [-0.25, -0.2) is 4.98 Å². The van der Waals surface area contributed by atoms with Crippen LogP contribution in [0.3, 0.4) is 0 Å². The van der Waals surface area contributed by atoms with Gasteiger partial charge in [-0.15, -0.1) is 0 Å². The second kappa shape index (κ2) is 6.73. The van der Waals surface area contributed by atoms with Crippen LogP contribution in [0.15, 0.2) is 34.9 Å². The normalized spacial score (nSPS) is 10.3. The maximum Gasteiger partial charge on any atom is 0.224 e. The number of benzene rings is 1. The van der Waals surface area contributed by atoms with E-state index in [-0.39, 0.29) is 5.28 Å². The Balaban J connectivity index is 2.08. The van der Waals surface area contributed by atoms with Crippen molar-refractivity contribution in [2.75, 3.05) is 11.9 Å². The van der Waals surface area contributed by atoms with Crippen LogP contribution >= 0.6 is 27.5 Å². The molecule has 1 heterocycles. The van der Waals surface area contributed by atoms with E-state index in [4.69, 9.17) is 16.3 Å². The van der Waals surface area contributed by atoms with Gasteiger partial charge in [0.15, 0.2) is 0 Å². The van der Waals surface area contributed by atoms with Crippen LogP contribution in [0.2, 0.25) is 5.28 Å². The zero-order chi connectivity index (χ0) is 13.7. The van der Waals surface area contributed by atoms with Gasteiger partial charge in [0.1, 0.15) is 11.6 Å². The van der Waals surface area contributed by atoms with Crippen LogP contribution in [-0.2, 0) is 0 Å². The first kappa shape index (κ1) is 14.1. The van der Waals surface area contributed by atoms with Crippen LogP contribution in [0.25, 0.3) is 0 Å². The molecule has 0 saturated carbocycles. The highest BCUT2D eigenvalue weighted by Crippen LogP contribution is 2.25. The molecule has 2 rings (SSSR count). The van der Waals surface area contributed by atoms with Crippen molar-refractivity contribution in [3.8, 4) is 5.75 Å². The minimum Gasteiger partial charge on any atom is -0.494 e. The Morgan fingerprint density at radius 3 is 2.74 bits per heavy atom. The second-order valence-electron chi connectivity index (χ2n) is 3.83. The highest BCUT2D eigenvalue weighted by molar-refractivity contribution is 9.10. The average molecular weight is 343 g/mol. The third-order valence-electron chi connectivity index (χ3n) is 2.30. The Kier molecular flexibility index (Phi) is 4.99. The summed E-state index contributed by atoms with van der Waals surface area (Å²) >= 11 is 9.13. The van der Waals surface area contributed by atoms with E-state index in [1.54, 1.807) is 6.20 Å². The van der Waals surface area contributed by atoms with Gasteiger partial charge in [0, 0.05) is 11.9 Å². The topological polar surface area (TPSA) is 47.0 Å². The van der Waals surface area contributed by atoms with Crippen LogP contribution in [0.4, 0.5) is 11.5 Å². The van der Waals surface area contributed by atoms with Crippen LogP contribution in [0.5, 0.6) is 5.75 Å². The lowest BCUT2D eigenvalue weighted by Gasteiger charge is -2.09. The fourth-order valence-corrected chi connectivity index (χ4v) is 1.85. The molecule has 0 fully saturated rings. The van der Waals surface area contributed by atoms with Gasteiger partial charge in [-0.2, -0.15) is 4.98 Å². The van der Waals surface area contributed by atoms with Crippen LogP contribution in [0, 0.1) is 0 Å². The summed E-state index contributed by atoms with van der Waals surface area (Å²) in [6.07, 6.45) is 2.60. The first-order valence-electron chi connectivity index (χ1n) is 5.87. The van der Waals surface area contributed by atoms with Crippen molar-refractivity contribution >= 4 is 39.0 Å². The molecular formula is C13H13BrClN3O. The molecule has 1 aromatic heterocycles. The molecule has 4 nitrogen and oxygen atoms in total. The zero-order valence-electron chi connectivity index (χ0n) is 10.4. The van der Waals surface area contributed by atoms with E-state index in [0.717, 1.165) is 28.9 Å². The number of hydrogen-bond donors (Lipinski definition) is 1. The molecule has 6 heteroatoms. The monoisotopic (exact) mass is 341 g/mol. The van der Waals surface area contributed by atoms with Gasteiger partial charge in [-0.1, -0.05) is 6.92 Å². The Hall–Kier alpha value is -1.33. The largest absolute Gasteiger partial charge is 0.494 e. The predicted molar refractivity (Wildman–Crippen MR) is 80.3 cm³/mol. The van der Waals surface area contributed by atoms with Gasteiger partial charge >= 0.3 is 0 Å². The molecule has 0 saturated heterocycles. The van der Waals surface area contributed by atoms with Gasteiger partial charge in [-0.05, 0) is 58.2 Å². The third kappa shape index (κ3) is 4.08. The van der Waals surface area contributed by atoms with E-state index in [9.17, 15) is 0 Å². The van der Waals surface area contributed by atoms with Crippen LogP contribution < -0.4 is 10.1 Å². The van der Waals surface area contributed by atoms with Crippen molar-refractivity contribution in [2.24, 2.45) is 0 Å². The van der Waals surface area contributed by atoms with Gasteiger partial charge in [0.25, 0.3) is 0 Å². The molecule has 1 aromatic carbocycles. The number of rotatable bonds is 5. The number of aromatic nitrogens is 2. The van der Waals surface area contributed by atoms with E-state index < -0.39 is 0 Å². The quantitative estimate of drug-likeness (QED) is 0.817. The standard InChI is InChI=1S/C13H13BrClN3O/c1-2-7-19-10-5-3-9(4-6-10)17-12-11(14)8-16-13(15)18-12/h3-6,8H,2,7H2,1H3,(H,16,17,18). The first-order valence-corrected chi connectivity index (χ1v) is 7.04. The van der Waals surface area contributed by atoms with E-state index in [1.165, 1.54) is 0 Å². The summed E-state index contributed by atoms with van der Waals surface area (Å²) in [6, 6.07) is 7.67. The number of nitrogens with zero attached hydrogens (tertiary/aromatic N) is 2. The molecule has 0 amide bonds. The lowest BCUT2D eigenvalue weighted by Crippen LogP contribution is -1.97. The number of ether oxygens (including phenoxy) is 1. The highest BCUT2D eigenvalue weighted by Gasteiger charge is 2.04. The van der Waals surface area contributed by atoms with Gasteiger partial charge in [0.05, 0.1) is 11.1 Å². The second-order valence-corrected chi connectivity index (χ2v) is 5.03. The summed E-state index contributed by atoms with van der Waals surface area (Å²) in [5, 5.41) is 3.36. The summed E-state index contributed by atoms with van der Waals surface area (Å²) in [5.74, 6) is 1.48. The molecule has 0 aliphatic carbocycles. The lowest BCUT2D eigenvalue weighted by molar-refractivity contribution is 0.317. The van der Waals surface area contributed by atoms with Gasteiger partial charge < -0.3 is 10.1 Å². The van der Waals surface area contributed by atoms with Crippen molar-refractivity contribution in [3.63, 3.8) is 0 Å². The Morgan fingerprint density at radius 1 is 1.32 bits per heavy atom. The molecule has 0 radical (unpaired) electrons. The lowest BCUT2D eigenvalue weighted by atomic mass is 10.3. The maximum atomic E-state index is 5.76. The average Bonchev–Trinajstić information content (AvgIpc) is 2.42. The van der Waals surface area contributed by atoms with E-state index in [0.29, 0.717) is 5.82 Å². The van der Waals surface area contributed by atoms with E-state index in [2.05, 4.69) is 38.1 Å². The SMILES string of the molecule is CCCOc1ccc(Nc2nc(Cl)ncc2Br)cc1. The smallest absolute Gasteiger partial charge is 0.224 e. The van der Waals surface area contributed by atoms with Crippen LogP contribution in [0.1, 0.15) is 13.3 Å². The summed E-state index contributed by atoms with van der Waals surface area (Å²) in [7, 11) is 0. The molecule has 2 aromatic rings. The molecule has 0 aliphatic rings. The van der Waals surface area contributed by atoms with Crippen LogP contribution in [-0.4, -0.2) is 16.6 Å². The van der Waals surface area contributed by atoms with Crippen molar-refractivity contribution < 1.29 is 4.74 Å². The highest BCUT2D eigenvalue weighted by atomic mass is 79.9. The number of hydrogen-bond acceptors (Lipinski definition) is 4. The molecule has 0 atom stereocenters. The van der Waals surface area contributed by atoms with Gasteiger partial charge in [0.2, 0.25) is 5.28 Å². The minimum atomic E-state index is 0.202. The Bertz CT molecular complexity index is 548. The number of nitrogens with one attached hydrogen (secondary N) is 1. The third-order valence-corrected chi connectivity index (χ3v) is 3.07. The summed E-state index contributed by atoms with van der Waals surface area (Å²) in [5.41, 5.74) is 0.902. The molecule has 100 valence electrons. The van der Waals surface area contributed by atoms with E-state index >= 15 is 0 Å². The van der Waals surface area contributed by atoms with Crippen molar-refractivity contribution in [3.05, 3.63) is 40.2 Å². The van der Waals surface area contributed by atoms with Gasteiger partial charge in [-0.3, -0.25) is 0 Å².